The van der Waals surface area contributed by atoms with Crippen molar-refractivity contribution >= 4 is 17.6 Å². The SMILES string of the molecule is CC/C(N)=C(\Cl)C(=O)OC. The van der Waals surface area contributed by atoms with E-state index in [1.807, 2.05) is 0 Å². The van der Waals surface area contributed by atoms with Crippen molar-refractivity contribution in [3.8, 4) is 0 Å². The lowest BCUT2D eigenvalue weighted by Crippen LogP contribution is -2.07. The molecule has 0 bridgehead atoms. The number of ether oxygens (including phenoxy) is 1. The molecule has 10 heavy (non-hydrogen) atoms. The second kappa shape index (κ2) is 4.17. The highest BCUT2D eigenvalue weighted by molar-refractivity contribution is 6.41. The molecule has 0 aromatic carbocycles. The molecule has 0 aromatic rings. The Bertz CT molecular complexity index is 165. The minimum absolute atomic E-state index is 0.0231. The Hall–Kier alpha value is -0.700. The molecule has 0 atom stereocenters. The summed E-state index contributed by atoms with van der Waals surface area (Å²) in [6.45, 7) is 1.81. The van der Waals surface area contributed by atoms with Gasteiger partial charge in [-0.2, -0.15) is 0 Å². The van der Waals surface area contributed by atoms with Crippen molar-refractivity contribution in [2.45, 2.75) is 13.3 Å². The molecule has 0 heterocycles. The fourth-order valence-corrected chi connectivity index (χ4v) is 0.587. The molecule has 0 amide bonds. The van der Waals surface area contributed by atoms with E-state index < -0.39 is 5.97 Å². The molecule has 0 unspecified atom stereocenters. The lowest BCUT2D eigenvalue weighted by atomic mass is 10.3. The molecule has 0 saturated heterocycles. The average molecular weight is 164 g/mol. The largest absolute Gasteiger partial charge is 0.465 e. The molecule has 2 N–H and O–H groups in total. The molecule has 0 aliphatic carbocycles. The molecular weight excluding hydrogens is 154 g/mol. The molecule has 0 spiro atoms. The van der Waals surface area contributed by atoms with Crippen LogP contribution in [0, 0.1) is 0 Å². The van der Waals surface area contributed by atoms with E-state index in [1.54, 1.807) is 6.92 Å². The van der Waals surface area contributed by atoms with Crippen LogP contribution in [0.5, 0.6) is 0 Å². The van der Waals surface area contributed by atoms with Crippen molar-refractivity contribution in [1.29, 1.82) is 0 Å². The van der Waals surface area contributed by atoms with Gasteiger partial charge in [0.1, 0.15) is 5.03 Å². The quantitative estimate of drug-likeness (QED) is 0.488. The van der Waals surface area contributed by atoms with E-state index >= 15 is 0 Å². The predicted octanol–water partition coefficient (Wildman–Crippen LogP) is 0.979. The summed E-state index contributed by atoms with van der Waals surface area (Å²) < 4.78 is 4.33. The van der Waals surface area contributed by atoms with Gasteiger partial charge in [-0.25, -0.2) is 4.79 Å². The van der Waals surface area contributed by atoms with Gasteiger partial charge in [0, 0.05) is 5.70 Å². The smallest absolute Gasteiger partial charge is 0.351 e. The fourth-order valence-electron chi connectivity index (χ4n) is 0.376. The maximum atomic E-state index is 10.6. The molecule has 0 fully saturated rings. The maximum absolute atomic E-state index is 10.6. The van der Waals surface area contributed by atoms with Crippen LogP contribution in [0.15, 0.2) is 10.7 Å². The zero-order valence-electron chi connectivity index (χ0n) is 5.98. The number of carbonyl (C=O) groups is 1. The second-order valence-corrected chi connectivity index (χ2v) is 2.06. The first-order valence-corrected chi connectivity index (χ1v) is 3.23. The molecule has 0 radical (unpaired) electrons. The Morgan fingerprint density at radius 1 is 1.70 bits per heavy atom. The second-order valence-electron chi connectivity index (χ2n) is 1.68. The third-order valence-corrected chi connectivity index (χ3v) is 1.42. The molecule has 0 aromatic heterocycles. The molecule has 58 valence electrons. The van der Waals surface area contributed by atoms with Gasteiger partial charge in [-0.05, 0) is 6.42 Å². The number of allylic oxidation sites excluding steroid dienone is 1. The molecule has 0 rings (SSSR count). The number of esters is 1. The molecule has 0 aliphatic heterocycles. The van der Waals surface area contributed by atoms with Gasteiger partial charge in [0.05, 0.1) is 7.11 Å². The summed E-state index contributed by atoms with van der Waals surface area (Å²) in [6.07, 6.45) is 0.550. The van der Waals surface area contributed by atoms with Crippen molar-refractivity contribution < 1.29 is 9.53 Å². The molecule has 0 saturated carbocycles. The highest BCUT2D eigenvalue weighted by Crippen LogP contribution is 2.08. The summed E-state index contributed by atoms with van der Waals surface area (Å²) in [5, 5.41) is -0.0231. The zero-order chi connectivity index (χ0) is 8.15. The Kier molecular flexibility index (Phi) is 3.88. The monoisotopic (exact) mass is 163 g/mol. The Labute approximate surface area is 64.8 Å². The first-order valence-electron chi connectivity index (χ1n) is 2.85. The molecule has 0 aliphatic rings. The van der Waals surface area contributed by atoms with Crippen LogP contribution < -0.4 is 5.73 Å². The minimum atomic E-state index is -0.582. The number of hydrogen-bond acceptors (Lipinski definition) is 3. The molecule has 3 nitrogen and oxygen atoms in total. The van der Waals surface area contributed by atoms with E-state index in [-0.39, 0.29) is 5.03 Å². The Morgan fingerprint density at radius 3 is 2.50 bits per heavy atom. The number of methoxy groups -OCH3 is 1. The van der Waals surface area contributed by atoms with Gasteiger partial charge in [0.2, 0.25) is 0 Å². The summed E-state index contributed by atoms with van der Waals surface area (Å²) in [5.74, 6) is -0.582. The van der Waals surface area contributed by atoms with Crippen LogP contribution in [-0.4, -0.2) is 13.1 Å². The van der Waals surface area contributed by atoms with Crippen molar-refractivity contribution in [3.05, 3.63) is 10.7 Å². The van der Waals surface area contributed by atoms with Crippen LogP contribution in [0.3, 0.4) is 0 Å². The van der Waals surface area contributed by atoms with Crippen LogP contribution >= 0.6 is 11.6 Å². The van der Waals surface area contributed by atoms with Gasteiger partial charge >= 0.3 is 5.97 Å². The first-order chi connectivity index (χ1) is 4.63. The van der Waals surface area contributed by atoms with Gasteiger partial charge in [0.15, 0.2) is 0 Å². The summed E-state index contributed by atoms with van der Waals surface area (Å²) in [4.78, 5) is 10.6. The highest BCUT2D eigenvalue weighted by atomic mass is 35.5. The predicted molar refractivity (Wildman–Crippen MR) is 39.4 cm³/mol. The van der Waals surface area contributed by atoms with E-state index in [2.05, 4.69) is 4.74 Å². The van der Waals surface area contributed by atoms with Gasteiger partial charge in [-0.3, -0.25) is 0 Å². The van der Waals surface area contributed by atoms with E-state index in [0.29, 0.717) is 12.1 Å². The summed E-state index contributed by atoms with van der Waals surface area (Å²) >= 11 is 5.46. The third-order valence-electron chi connectivity index (χ3n) is 1.03. The summed E-state index contributed by atoms with van der Waals surface area (Å²) in [7, 11) is 1.26. The van der Waals surface area contributed by atoms with Crippen LogP contribution in [0.1, 0.15) is 13.3 Å². The van der Waals surface area contributed by atoms with Crippen molar-refractivity contribution in [3.63, 3.8) is 0 Å². The highest BCUT2D eigenvalue weighted by Gasteiger charge is 2.08. The lowest BCUT2D eigenvalue weighted by molar-refractivity contribution is -0.135. The van der Waals surface area contributed by atoms with E-state index in [1.165, 1.54) is 7.11 Å². The number of halogens is 1. The first kappa shape index (κ1) is 9.30. The van der Waals surface area contributed by atoms with Crippen molar-refractivity contribution in [1.82, 2.24) is 0 Å². The van der Waals surface area contributed by atoms with Gasteiger partial charge in [-0.1, -0.05) is 18.5 Å². The zero-order valence-corrected chi connectivity index (χ0v) is 6.73. The van der Waals surface area contributed by atoms with Crippen molar-refractivity contribution in [2.24, 2.45) is 5.73 Å². The van der Waals surface area contributed by atoms with Crippen LogP contribution in [-0.2, 0) is 9.53 Å². The standard InChI is InChI=1S/C6H10ClNO2/c1-3-4(8)5(7)6(9)10-2/h3,8H2,1-2H3/b5-4+. The minimum Gasteiger partial charge on any atom is -0.465 e. The third kappa shape index (κ3) is 2.27. The number of rotatable bonds is 2. The average Bonchev–Trinajstić information content (AvgIpc) is 2.00. The van der Waals surface area contributed by atoms with Crippen LogP contribution in [0.25, 0.3) is 0 Å². The van der Waals surface area contributed by atoms with E-state index in [0.717, 1.165) is 0 Å². The molecular formula is C6H10ClNO2. The summed E-state index contributed by atoms with van der Waals surface area (Å²) in [6, 6.07) is 0. The number of carbonyl (C=O) groups excluding carboxylic acids is 1. The van der Waals surface area contributed by atoms with E-state index in [4.69, 9.17) is 17.3 Å². The Balaban J connectivity index is 4.30. The Morgan fingerprint density at radius 2 is 2.20 bits per heavy atom. The lowest BCUT2D eigenvalue weighted by Gasteiger charge is -1.99. The van der Waals surface area contributed by atoms with Crippen LogP contribution in [0.2, 0.25) is 0 Å². The normalized spacial score (nSPS) is 12.3. The maximum Gasteiger partial charge on any atom is 0.351 e. The number of hydrogen-bond donors (Lipinski definition) is 1. The van der Waals surface area contributed by atoms with Crippen LogP contribution in [0.4, 0.5) is 0 Å². The number of nitrogens with two attached hydrogens (primary N) is 1. The topological polar surface area (TPSA) is 52.3 Å². The summed E-state index contributed by atoms with van der Waals surface area (Å²) in [5.41, 5.74) is 5.69. The van der Waals surface area contributed by atoms with Gasteiger partial charge in [-0.15, -0.1) is 0 Å². The van der Waals surface area contributed by atoms with Crippen molar-refractivity contribution in [2.75, 3.05) is 7.11 Å². The van der Waals surface area contributed by atoms with E-state index in [9.17, 15) is 4.79 Å². The molecule has 4 heteroatoms. The van der Waals surface area contributed by atoms with Gasteiger partial charge < -0.3 is 10.5 Å². The fraction of sp³-hybridized carbons (Fsp3) is 0.500. The van der Waals surface area contributed by atoms with Gasteiger partial charge in [0.25, 0.3) is 0 Å².